The van der Waals surface area contributed by atoms with Gasteiger partial charge in [-0.1, -0.05) is 11.6 Å². The molecule has 9 nitrogen and oxygen atoms in total. The lowest BCUT2D eigenvalue weighted by Gasteiger charge is -2.32. The standard InChI is InChI=1S/C12H13ClN4O5/c1-14-2-4-15(5-3-14)12(18)8-6-9(16(19)20)11(13)10(7-8)17(21)22/h6-7H,2-5H2,1H3. The van der Waals surface area contributed by atoms with Crippen LogP contribution in [-0.2, 0) is 0 Å². The van der Waals surface area contributed by atoms with Crippen LogP contribution >= 0.6 is 11.6 Å². The lowest BCUT2D eigenvalue weighted by Crippen LogP contribution is -2.47. The average Bonchev–Trinajstić information content (AvgIpc) is 2.47. The van der Waals surface area contributed by atoms with Crippen molar-refractivity contribution in [2.75, 3.05) is 33.2 Å². The van der Waals surface area contributed by atoms with Crippen LogP contribution in [0.3, 0.4) is 0 Å². The normalized spacial score (nSPS) is 15.6. The van der Waals surface area contributed by atoms with E-state index in [2.05, 4.69) is 0 Å². The minimum Gasteiger partial charge on any atom is -0.336 e. The van der Waals surface area contributed by atoms with Gasteiger partial charge in [0.15, 0.2) is 5.02 Å². The summed E-state index contributed by atoms with van der Waals surface area (Å²) < 4.78 is 0. The topological polar surface area (TPSA) is 110 Å². The molecule has 2 rings (SSSR count). The highest BCUT2D eigenvalue weighted by molar-refractivity contribution is 6.35. The quantitative estimate of drug-likeness (QED) is 0.615. The first kappa shape index (κ1) is 16.1. The first-order valence-electron chi connectivity index (χ1n) is 6.41. The number of amides is 1. The molecule has 1 aromatic rings. The Morgan fingerprint density at radius 1 is 1.09 bits per heavy atom. The Morgan fingerprint density at radius 2 is 1.55 bits per heavy atom. The Balaban J connectivity index is 2.40. The summed E-state index contributed by atoms with van der Waals surface area (Å²) in [4.78, 5) is 36.2. The van der Waals surface area contributed by atoms with Crippen molar-refractivity contribution in [2.24, 2.45) is 0 Å². The molecular weight excluding hydrogens is 316 g/mol. The van der Waals surface area contributed by atoms with E-state index in [4.69, 9.17) is 11.6 Å². The van der Waals surface area contributed by atoms with Crippen molar-refractivity contribution in [3.8, 4) is 0 Å². The van der Waals surface area contributed by atoms with Crippen molar-refractivity contribution >= 4 is 28.9 Å². The fraction of sp³-hybridized carbons (Fsp3) is 0.417. The van der Waals surface area contributed by atoms with E-state index < -0.39 is 32.2 Å². The fourth-order valence-corrected chi connectivity index (χ4v) is 2.42. The van der Waals surface area contributed by atoms with E-state index in [0.717, 1.165) is 12.1 Å². The van der Waals surface area contributed by atoms with Gasteiger partial charge in [0.05, 0.1) is 15.4 Å². The van der Waals surface area contributed by atoms with Crippen LogP contribution in [0, 0.1) is 20.2 Å². The molecule has 10 heteroatoms. The van der Waals surface area contributed by atoms with E-state index in [9.17, 15) is 25.0 Å². The number of hydrogen-bond acceptors (Lipinski definition) is 6. The Bertz CT molecular complexity index is 607. The van der Waals surface area contributed by atoms with Gasteiger partial charge >= 0.3 is 0 Å². The Labute approximate surface area is 130 Å². The summed E-state index contributed by atoms with van der Waals surface area (Å²) in [5.74, 6) is -0.476. The van der Waals surface area contributed by atoms with Crippen LogP contribution in [0.25, 0.3) is 0 Å². The summed E-state index contributed by atoms with van der Waals surface area (Å²) in [6.45, 7) is 2.26. The van der Waals surface area contributed by atoms with E-state index in [1.165, 1.54) is 4.90 Å². The van der Waals surface area contributed by atoms with Crippen molar-refractivity contribution in [3.63, 3.8) is 0 Å². The van der Waals surface area contributed by atoms with Gasteiger partial charge in [-0.05, 0) is 7.05 Å². The van der Waals surface area contributed by atoms with Gasteiger partial charge in [0.1, 0.15) is 0 Å². The third-order valence-corrected chi connectivity index (χ3v) is 3.85. The summed E-state index contributed by atoms with van der Waals surface area (Å²) >= 11 is 5.67. The Morgan fingerprint density at radius 3 is 1.95 bits per heavy atom. The van der Waals surface area contributed by atoms with E-state index in [1.54, 1.807) is 0 Å². The predicted molar refractivity (Wildman–Crippen MR) is 78.2 cm³/mol. The van der Waals surface area contributed by atoms with Crippen LogP contribution < -0.4 is 0 Å². The molecule has 0 unspecified atom stereocenters. The minimum atomic E-state index is -0.837. The van der Waals surface area contributed by atoms with Crippen molar-refractivity contribution in [1.29, 1.82) is 0 Å². The second kappa shape index (κ2) is 6.24. The number of hydrogen-bond donors (Lipinski definition) is 0. The summed E-state index contributed by atoms with van der Waals surface area (Å²) in [5.41, 5.74) is -1.39. The molecule has 1 saturated heterocycles. The molecule has 0 radical (unpaired) electrons. The third kappa shape index (κ3) is 3.15. The first-order chi connectivity index (χ1) is 10.3. The second-order valence-corrected chi connectivity index (χ2v) is 5.32. The zero-order valence-electron chi connectivity index (χ0n) is 11.7. The number of carbonyl (C=O) groups is 1. The van der Waals surface area contributed by atoms with Crippen LogP contribution in [0.4, 0.5) is 11.4 Å². The number of nitro groups is 2. The molecule has 0 spiro atoms. The molecule has 0 N–H and O–H groups in total. The van der Waals surface area contributed by atoms with Gasteiger partial charge in [-0.2, -0.15) is 0 Å². The molecule has 1 heterocycles. The smallest absolute Gasteiger partial charge is 0.295 e. The summed E-state index contributed by atoms with van der Waals surface area (Å²) in [7, 11) is 1.92. The maximum atomic E-state index is 12.4. The summed E-state index contributed by atoms with van der Waals surface area (Å²) in [6.07, 6.45) is 0. The lowest BCUT2D eigenvalue weighted by molar-refractivity contribution is -0.393. The van der Waals surface area contributed by atoms with Crippen molar-refractivity contribution in [2.45, 2.75) is 0 Å². The molecule has 1 fully saturated rings. The molecule has 0 bridgehead atoms. The van der Waals surface area contributed by atoms with Crippen LogP contribution in [0.15, 0.2) is 12.1 Å². The van der Waals surface area contributed by atoms with Crippen LogP contribution in [-0.4, -0.2) is 58.8 Å². The molecule has 22 heavy (non-hydrogen) atoms. The molecule has 0 atom stereocenters. The molecule has 1 aromatic carbocycles. The SMILES string of the molecule is CN1CCN(C(=O)c2cc([N+](=O)[O-])c(Cl)c([N+](=O)[O-])c2)CC1. The Kier molecular flexibility index (Phi) is 4.57. The maximum Gasteiger partial charge on any atom is 0.295 e. The molecule has 118 valence electrons. The number of nitrogens with zero attached hydrogens (tertiary/aromatic N) is 4. The molecule has 1 amide bonds. The monoisotopic (exact) mass is 328 g/mol. The summed E-state index contributed by atoms with van der Waals surface area (Å²) in [5, 5.41) is 21.3. The molecular formula is C12H13ClN4O5. The van der Waals surface area contributed by atoms with Crippen molar-refractivity contribution < 1.29 is 14.6 Å². The van der Waals surface area contributed by atoms with E-state index >= 15 is 0 Å². The van der Waals surface area contributed by atoms with E-state index in [-0.39, 0.29) is 5.56 Å². The molecule has 1 aliphatic rings. The number of benzene rings is 1. The van der Waals surface area contributed by atoms with Gasteiger partial charge in [-0.25, -0.2) is 0 Å². The van der Waals surface area contributed by atoms with Crippen LogP contribution in [0.2, 0.25) is 5.02 Å². The van der Waals surface area contributed by atoms with E-state index in [1.807, 2.05) is 11.9 Å². The highest BCUT2D eigenvalue weighted by atomic mass is 35.5. The number of likely N-dealkylation sites (N-methyl/N-ethyl adjacent to an activating group) is 1. The fourth-order valence-electron chi connectivity index (χ4n) is 2.18. The second-order valence-electron chi connectivity index (χ2n) is 4.94. The lowest BCUT2D eigenvalue weighted by atomic mass is 10.1. The van der Waals surface area contributed by atoms with Gasteiger partial charge in [0.25, 0.3) is 17.3 Å². The number of piperazine rings is 1. The maximum absolute atomic E-state index is 12.4. The zero-order chi connectivity index (χ0) is 16.4. The van der Waals surface area contributed by atoms with Gasteiger partial charge in [-0.15, -0.1) is 0 Å². The van der Waals surface area contributed by atoms with Gasteiger partial charge in [-0.3, -0.25) is 25.0 Å². The van der Waals surface area contributed by atoms with Crippen molar-refractivity contribution in [3.05, 3.63) is 42.9 Å². The highest BCUT2D eigenvalue weighted by Crippen LogP contribution is 2.35. The van der Waals surface area contributed by atoms with Gasteiger partial charge in [0, 0.05) is 38.3 Å². The number of rotatable bonds is 3. The summed E-state index contributed by atoms with van der Waals surface area (Å²) in [6, 6.07) is 1.96. The highest BCUT2D eigenvalue weighted by Gasteiger charge is 2.29. The van der Waals surface area contributed by atoms with Gasteiger partial charge < -0.3 is 9.80 Å². The predicted octanol–water partition coefficient (Wildman–Crippen LogP) is 1.54. The molecule has 0 aliphatic carbocycles. The number of carbonyl (C=O) groups excluding carboxylic acids is 1. The average molecular weight is 329 g/mol. The zero-order valence-corrected chi connectivity index (χ0v) is 12.4. The molecule has 1 aliphatic heterocycles. The Hall–Kier alpha value is -2.26. The minimum absolute atomic E-state index is 0.104. The van der Waals surface area contributed by atoms with Gasteiger partial charge in [0.2, 0.25) is 0 Å². The van der Waals surface area contributed by atoms with Crippen LogP contribution in [0.1, 0.15) is 10.4 Å². The number of nitro benzene ring substituents is 2. The van der Waals surface area contributed by atoms with Crippen molar-refractivity contribution in [1.82, 2.24) is 9.80 Å². The molecule has 0 saturated carbocycles. The van der Waals surface area contributed by atoms with E-state index in [0.29, 0.717) is 26.2 Å². The largest absolute Gasteiger partial charge is 0.336 e. The van der Waals surface area contributed by atoms with Crippen LogP contribution in [0.5, 0.6) is 0 Å². The molecule has 0 aromatic heterocycles. The third-order valence-electron chi connectivity index (χ3n) is 3.47. The number of halogens is 1. The first-order valence-corrected chi connectivity index (χ1v) is 6.79.